The van der Waals surface area contributed by atoms with Crippen LogP contribution in [0.25, 0.3) is 84.0 Å². The SMILES string of the molecule is CC(C)(C)c1cc(-c2cccc(-c3ccc(-c4ccccc4)cc3)c2)cc(-c2ncnc3c2nc(-c2cc(C(C)(C)C)cc(C(C)(C)C)c2O)n3-c2ccc(C(C)(C)C)cc2-c2ccccc2)c1. The quantitative estimate of drug-likeness (QED) is 0.173. The molecule has 0 spiro atoms. The zero-order chi connectivity index (χ0) is 48.3. The van der Waals surface area contributed by atoms with Gasteiger partial charge in [-0.2, -0.15) is 0 Å². The Morgan fingerprint density at radius 3 is 1.50 bits per heavy atom. The molecule has 7 aromatic carbocycles. The van der Waals surface area contributed by atoms with Gasteiger partial charge in [-0.25, -0.2) is 15.0 Å². The van der Waals surface area contributed by atoms with Gasteiger partial charge in [-0.15, -0.1) is 0 Å². The third kappa shape index (κ3) is 9.02. The number of hydrogen-bond acceptors (Lipinski definition) is 4. The molecule has 0 aliphatic rings. The van der Waals surface area contributed by atoms with Gasteiger partial charge in [-0.05, 0) is 114 Å². The number of fused-ring (bicyclic) bond motifs is 1. The third-order valence-electron chi connectivity index (χ3n) is 13.3. The van der Waals surface area contributed by atoms with Crippen LogP contribution in [-0.2, 0) is 21.7 Å². The van der Waals surface area contributed by atoms with Crippen LogP contribution in [0.3, 0.4) is 0 Å². The van der Waals surface area contributed by atoms with Crippen LogP contribution >= 0.6 is 0 Å². The number of hydrogen-bond donors (Lipinski definition) is 1. The van der Waals surface area contributed by atoms with Gasteiger partial charge >= 0.3 is 0 Å². The topological polar surface area (TPSA) is 63.8 Å². The van der Waals surface area contributed by atoms with Crippen molar-refractivity contribution in [2.75, 3.05) is 0 Å². The molecule has 0 fully saturated rings. The van der Waals surface area contributed by atoms with Crippen molar-refractivity contribution in [3.8, 4) is 78.6 Å². The predicted octanol–water partition coefficient (Wildman–Crippen LogP) is 16.7. The van der Waals surface area contributed by atoms with Gasteiger partial charge < -0.3 is 5.11 Å². The summed E-state index contributed by atoms with van der Waals surface area (Å²) >= 11 is 0. The molecule has 0 aliphatic heterocycles. The Morgan fingerprint density at radius 2 is 0.897 bits per heavy atom. The molecule has 5 heteroatoms. The fraction of sp³-hybridized carbons (Fsp3) is 0.254. The summed E-state index contributed by atoms with van der Waals surface area (Å²) in [6.07, 6.45) is 1.67. The summed E-state index contributed by atoms with van der Waals surface area (Å²) in [5, 5.41) is 12.6. The van der Waals surface area contributed by atoms with E-state index in [-0.39, 0.29) is 27.4 Å². The zero-order valence-electron chi connectivity index (χ0n) is 41.8. The van der Waals surface area contributed by atoms with Gasteiger partial charge in [0.1, 0.15) is 23.3 Å². The fourth-order valence-electron chi connectivity index (χ4n) is 9.10. The third-order valence-corrected chi connectivity index (χ3v) is 13.3. The molecule has 5 nitrogen and oxygen atoms in total. The summed E-state index contributed by atoms with van der Waals surface area (Å²) in [5.41, 5.74) is 17.2. The van der Waals surface area contributed by atoms with E-state index < -0.39 is 0 Å². The van der Waals surface area contributed by atoms with E-state index in [1.165, 1.54) is 22.3 Å². The van der Waals surface area contributed by atoms with Gasteiger partial charge in [-0.1, -0.05) is 204 Å². The van der Waals surface area contributed by atoms with Crippen LogP contribution in [-0.4, -0.2) is 24.6 Å². The highest BCUT2D eigenvalue weighted by molar-refractivity contribution is 5.94. The number of benzene rings is 7. The van der Waals surface area contributed by atoms with Crippen molar-refractivity contribution in [3.05, 3.63) is 186 Å². The number of phenolic OH excluding ortho intramolecular Hbond substituents is 1. The van der Waals surface area contributed by atoms with E-state index >= 15 is 0 Å². The van der Waals surface area contributed by atoms with Gasteiger partial charge in [0.25, 0.3) is 0 Å². The summed E-state index contributed by atoms with van der Waals surface area (Å²) in [4.78, 5) is 15.8. The Morgan fingerprint density at radius 1 is 0.397 bits per heavy atom. The Bertz CT molecular complexity index is 3300. The fourth-order valence-corrected chi connectivity index (χ4v) is 9.10. The van der Waals surface area contributed by atoms with E-state index in [1.807, 2.05) is 0 Å². The van der Waals surface area contributed by atoms with Gasteiger partial charge in [0.15, 0.2) is 11.5 Å². The van der Waals surface area contributed by atoms with E-state index in [4.69, 9.17) is 15.0 Å². The van der Waals surface area contributed by atoms with E-state index in [0.717, 1.165) is 61.5 Å². The van der Waals surface area contributed by atoms with Crippen LogP contribution < -0.4 is 0 Å². The minimum Gasteiger partial charge on any atom is -0.507 e. The normalized spacial score (nSPS) is 12.5. The molecule has 2 heterocycles. The molecule has 1 N–H and O–H groups in total. The molecule has 9 rings (SSSR count). The lowest BCUT2D eigenvalue weighted by Gasteiger charge is -2.28. The number of nitrogens with zero attached hydrogens (tertiary/aromatic N) is 4. The monoisotopic (exact) mass is 893 g/mol. The number of imidazole rings is 1. The predicted molar refractivity (Wildman–Crippen MR) is 286 cm³/mol. The molecule has 2 aromatic heterocycles. The number of aromatic hydroxyl groups is 1. The Labute approximate surface area is 403 Å². The molecule has 0 atom stereocenters. The first-order valence-corrected chi connectivity index (χ1v) is 23.9. The molecule has 0 aliphatic carbocycles. The molecule has 9 aromatic rings. The lowest BCUT2D eigenvalue weighted by atomic mass is 9.79. The van der Waals surface area contributed by atoms with Gasteiger partial charge in [-0.3, -0.25) is 4.57 Å². The van der Waals surface area contributed by atoms with Crippen LogP contribution in [0.4, 0.5) is 0 Å². The van der Waals surface area contributed by atoms with E-state index in [1.54, 1.807) is 6.33 Å². The van der Waals surface area contributed by atoms with Gasteiger partial charge in [0.05, 0.1) is 11.3 Å². The highest BCUT2D eigenvalue weighted by atomic mass is 16.3. The van der Waals surface area contributed by atoms with Crippen molar-refractivity contribution in [1.82, 2.24) is 19.5 Å². The molecule has 0 bridgehead atoms. The second-order valence-electron chi connectivity index (χ2n) is 22.5. The highest BCUT2D eigenvalue weighted by Crippen LogP contribution is 2.46. The zero-order valence-corrected chi connectivity index (χ0v) is 41.8. The molecule has 0 unspecified atom stereocenters. The van der Waals surface area contributed by atoms with Crippen molar-refractivity contribution >= 4 is 11.2 Å². The van der Waals surface area contributed by atoms with Crippen molar-refractivity contribution in [3.63, 3.8) is 0 Å². The lowest BCUT2D eigenvalue weighted by Crippen LogP contribution is -2.17. The maximum Gasteiger partial charge on any atom is 0.168 e. The average Bonchev–Trinajstić information content (AvgIpc) is 3.70. The number of aromatic nitrogens is 4. The Balaban J connectivity index is 1.30. The van der Waals surface area contributed by atoms with E-state index in [0.29, 0.717) is 22.6 Å². The van der Waals surface area contributed by atoms with Crippen LogP contribution in [0.2, 0.25) is 0 Å². The second-order valence-corrected chi connectivity index (χ2v) is 22.5. The minimum absolute atomic E-state index is 0.0968. The molecule has 0 radical (unpaired) electrons. The summed E-state index contributed by atoms with van der Waals surface area (Å²) in [6, 6.07) is 56.5. The lowest BCUT2D eigenvalue weighted by molar-refractivity contribution is 0.446. The highest BCUT2D eigenvalue weighted by Gasteiger charge is 2.30. The first-order chi connectivity index (χ1) is 32.1. The molecule has 68 heavy (non-hydrogen) atoms. The van der Waals surface area contributed by atoms with Crippen LogP contribution in [0.15, 0.2) is 164 Å². The number of rotatable bonds is 7. The number of phenols is 1. The second kappa shape index (κ2) is 17.2. The van der Waals surface area contributed by atoms with Crippen molar-refractivity contribution in [2.24, 2.45) is 0 Å². The van der Waals surface area contributed by atoms with Crippen LogP contribution in [0, 0.1) is 0 Å². The molecule has 342 valence electrons. The van der Waals surface area contributed by atoms with Gasteiger partial charge in [0.2, 0.25) is 0 Å². The summed E-state index contributed by atoms with van der Waals surface area (Å²) in [7, 11) is 0. The Kier molecular flexibility index (Phi) is 11.6. The summed E-state index contributed by atoms with van der Waals surface area (Å²) in [6.45, 7) is 26.6. The first kappa shape index (κ1) is 46.0. The van der Waals surface area contributed by atoms with Crippen LogP contribution in [0.1, 0.15) is 105 Å². The summed E-state index contributed by atoms with van der Waals surface area (Å²) < 4.78 is 2.16. The van der Waals surface area contributed by atoms with Crippen LogP contribution in [0.5, 0.6) is 5.75 Å². The molecule has 0 amide bonds. The average molecular weight is 893 g/mol. The molecule has 0 saturated heterocycles. The van der Waals surface area contributed by atoms with Crippen molar-refractivity contribution in [2.45, 2.75) is 105 Å². The van der Waals surface area contributed by atoms with E-state index in [9.17, 15) is 5.11 Å². The smallest absolute Gasteiger partial charge is 0.168 e. The standard InChI is InChI=1S/C63H64N4O/c1-60(2,3)48-30-31-54(51(36-48)43-22-17-14-18-23-43)67-58(52-37-50(62(7,8)9)38-53(57(52)68)63(10,11)12)66-56-55(64-39-65-59(56)67)47-33-46(34-49(35-47)61(4,5)6)45-25-19-24-44(32-45)42-28-26-41(27-29-42)40-20-15-13-16-21-40/h13-39,68H,1-12H3. The summed E-state index contributed by atoms with van der Waals surface area (Å²) in [5.74, 6) is 0.825. The largest absolute Gasteiger partial charge is 0.507 e. The molecule has 0 saturated carbocycles. The maximum absolute atomic E-state index is 12.6. The van der Waals surface area contributed by atoms with E-state index in [2.05, 4.69) is 245 Å². The van der Waals surface area contributed by atoms with Crippen molar-refractivity contribution in [1.29, 1.82) is 0 Å². The maximum atomic E-state index is 12.6. The van der Waals surface area contributed by atoms with Crippen molar-refractivity contribution < 1.29 is 5.11 Å². The first-order valence-electron chi connectivity index (χ1n) is 23.9. The van der Waals surface area contributed by atoms with Gasteiger partial charge in [0, 0.05) is 16.7 Å². The minimum atomic E-state index is -0.349. The molecular weight excluding hydrogens is 829 g/mol. The Hall–Kier alpha value is -7.11. The molecular formula is C63H64N4O.